The molecule has 5 N–H and O–H groups in total. The lowest BCUT2D eigenvalue weighted by atomic mass is 9.42. The average molecular weight is 509 g/mol. The fourth-order valence-electron chi connectivity index (χ4n) is 9.92. The predicted octanol–water partition coefficient (Wildman–Crippen LogP) is 4.76. The smallest absolute Gasteiger partial charge is 0.303 e. The summed E-state index contributed by atoms with van der Waals surface area (Å²) in [6, 6.07) is 0. The van der Waals surface area contributed by atoms with E-state index in [1.165, 1.54) is 0 Å². The van der Waals surface area contributed by atoms with Crippen LogP contribution in [0.4, 0.5) is 0 Å². The first-order chi connectivity index (χ1) is 17.0. The molecule has 0 bridgehead atoms. The fourth-order valence-corrected chi connectivity index (χ4v) is 9.92. The Morgan fingerprint density at radius 3 is 2.42 bits per heavy atom. The minimum Gasteiger partial charge on any atom is -0.481 e. The van der Waals surface area contributed by atoms with Crippen molar-refractivity contribution in [1.82, 2.24) is 0 Å². The normalized spacial score (nSPS) is 47.0. The van der Waals surface area contributed by atoms with Crippen LogP contribution in [0.2, 0.25) is 0 Å². The molecule has 0 aliphatic heterocycles. The van der Waals surface area contributed by atoms with Crippen molar-refractivity contribution in [3.63, 3.8) is 0 Å². The van der Waals surface area contributed by atoms with E-state index in [0.717, 1.165) is 70.6 Å². The molecule has 0 aromatic rings. The molecule has 0 saturated heterocycles. The highest BCUT2D eigenvalue weighted by Gasteiger charge is 2.66. The molecule has 11 atom stereocenters. The Labute approximate surface area is 217 Å². The lowest BCUT2D eigenvalue weighted by Gasteiger charge is -2.64. The molecule has 0 heterocycles. The largest absolute Gasteiger partial charge is 0.481 e. The van der Waals surface area contributed by atoms with Gasteiger partial charge in [-0.3, -0.25) is 4.79 Å². The van der Waals surface area contributed by atoms with Gasteiger partial charge in [0.05, 0.1) is 17.8 Å². The molecule has 4 aliphatic rings. The molecule has 36 heavy (non-hydrogen) atoms. The summed E-state index contributed by atoms with van der Waals surface area (Å²) in [5.74, 6) is 0.764. The number of carbonyl (C=O) groups is 1. The van der Waals surface area contributed by atoms with Crippen LogP contribution in [0.25, 0.3) is 0 Å². The topological polar surface area (TPSA) is 118 Å². The second-order valence-corrected chi connectivity index (χ2v) is 13.8. The number of aliphatic hydroxyl groups excluding tert-OH is 3. The van der Waals surface area contributed by atoms with Crippen molar-refractivity contribution < 1.29 is 30.3 Å². The molecule has 0 spiro atoms. The molecule has 0 aromatic heterocycles. The van der Waals surface area contributed by atoms with Crippen LogP contribution in [0.3, 0.4) is 0 Å². The van der Waals surface area contributed by atoms with Crippen LogP contribution >= 0.6 is 0 Å². The summed E-state index contributed by atoms with van der Waals surface area (Å²) in [6.07, 6.45) is 10.6. The Hall–Kier alpha value is -0.690. The van der Waals surface area contributed by atoms with Crippen LogP contribution in [0.1, 0.15) is 111 Å². The zero-order valence-corrected chi connectivity index (χ0v) is 22.9. The molecule has 6 nitrogen and oxygen atoms in total. The Morgan fingerprint density at radius 1 is 1.00 bits per heavy atom. The van der Waals surface area contributed by atoms with E-state index in [9.17, 15) is 25.2 Å². The number of aliphatic carboxylic acids is 1. The van der Waals surface area contributed by atoms with Gasteiger partial charge in [-0.1, -0.05) is 40.0 Å². The molecule has 208 valence electrons. The maximum atomic E-state index is 11.7. The van der Waals surface area contributed by atoms with Crippen molar-refractivity contribution in [2.24, 2.45) is 46.3 Å². The molecule has 4 fully saturated rings. The van der Waals surface area contributed by atoms with Crippen molar-refractivity contribution in [3.05, 3.63) is 0 Å². The van der Waals surface area contributed by atoms with E-state index >= 15 is 0 Å². The van der Waals surface area contributed by atoms with Crippen molar-refractivity contribution in [3.8, 4) is 0 Å². The fraction of sp³-hybridized carbons (Fsp3) is 0.967. The monoisotopic (exact) mass is 508 g/mol. The molecule has 4 aliphatic carbocycles. The maximum absolute atomic E-state index is 11.7. The van der Waals surface area contributed by atoms with Gasteiger partial charge >= 0.3 is 5.97 Å². The Bertz CT molecular complexity index is 773. The second kappa shape index (κ2) is 10.8. The molecule has 0 amide bonds. The first-order valence-corrected chi connectivity index (χ1v) is 14.9. The minimum absolute atomic E-state index is 0.0301. The lowest BCUT2D eigenvalue weighted by Crippen LogP contribution is -2.63. The number of aliphatic hydroxyl groups is 4. The summed E-state index contributed by atoms with van der Waals surface area (Å²) in [5, 5.41) is 52.9. The standard InChI is InChI=1S/C30H52O6/c1-19(8-11-26(34)35)21-9-10-22-27-23(17-25(33)29(21,22)3)28(2)13-14-30(36,12-6-4-5-7-15-31)18-20(28)16-24(27)32/h19-25,27,31-33,36H,4-18H2,1-3H3,(H,34,35)/t19?,20-,21?,22+,23+,24-,25+,27+,28+,29-,30?/m1/s1. The van der Waals surface area contributed by atoms with Gasteiger partial charge in [-0.2, -0.15) is 0 Å². The third-order valence-corrected chi connectivity index (χ3v) is 12.1. The molecule has 4 rings (SSSR count). The van der Waals surface area contributed by atoms with Gasteiger partial charge < -0.3 is 25.5 Å². The zero-order valence-electron chi connectivity index (χ0n) is 22.9. The van der Waals surface area contributed by atoms with Gasteiger partial charge in [0.15, 0.2) is 0 Å². The molecular formula is C30H52O6. The number of hydrogen-bond donors (Lipinski definition) is 5. The molecule has 3 unspecified atom stereocenters. The van der Waals surface area contributed by atoms with Crippen LogP contribution in [0.5, 0.6) is 0 Å². The van der Waals surface area contributed by atoms with E-state index in [2.05, 4.69) is 20.8 Å². The minimum atomic E-state index is -0.755. The van der Waals surface area contributed by atoms with Crippen molar-refractivity contribution >= 4 is 5.97 Å². The third kappa shape index (κ3) is 5.01. The Morgan fingerprint density at radius 2 is 1.72 bits per heavy atom. The van der Waals surface area contributed by atoms with Gasteiger partial charge in [0.2, 0.25) is 0 Å². The van der Waals surface area contributed by atoms with Gasteiger partial charge in [-0.05, 0) is 111 Å². The molecule has 4 saturated carbocycles. The number of unbranched alkanes of at least 4 members (excludes halogenated alkanes) is 3. The molecule has 0 radical (unpaired) electrons. The third-order valence-electron chi connectivity index (χ3n) is 12.1. The zero-order chi connectivity index (χ0) is 26.3. The number of carboxylic acid groups (broad SMARTS) is 1. The second-order valence-electron chi connectivity index (χ2n) is 13.8. The van der Waals surface area contributed by atoms with Gasteiger partial charge in [0.25, 0.3) is 0 Å². The quantitative estimate of drug-likeness (QED) is 0.272. The highest BCUT2D eigenvalue weighted by molar-refractivity contribution is 5.66. The summed E-state index contributed by atoms with van der Waals surface area (Å²) in [7, 11) is 0. The van der Waals surface area contributed by atoms with Crippen LogP contribution in [0, 0.1) is 46.3 Å². The van der Waals surface area contributed by atoms with Crippen molar-refractivity contribution in [1.29, 1.82) is 0 Å². The molecular weight excluding hydrogens is 456 g/mol. The van der Waals surface area contributed by atoms with E-state index in [4.69, 9.17) is 5.11 Å². The molecule has 0 aromatic carbocycles. The lowest BCUT2D eigenvalue weighted by molar-refractivity contribution is -0.216. The summed E-state index contributed by atoms with van der Waals surface area (Å²) in [5.41, 5.74) is -0.897. The maximum Gasteiger partial charge on any atom is 0.303 e. The summed E-state index contributed by atoms with van der Waals surface area (Å²) >= 11 is 0. The molecule has 6 heteroatoms. The number of carboxylic acids is 1. The first kappa shape index (κ1) is 28.3. The summed E-state index contributed by atoms with van der Waals surface area (Å²) in [6.45, 7) is 6.99. The highest BCUT2D eigenvalue weighted by atomic mass is 16.4. The Balaban J connectivity index is 1.48. The first-order valence-electron chi connectivity index (χ1n) is 14.9. The van der Waals surface area contributed by atoms with Gasteiger partial charge in [-0.15, -0.1) is 0 Å². The van der Waals surface area contributed by atoms with Gasteiger partial charge in [-0.25, -0.2) is 0 Å². The van der Waals surface area contributed by atoms with Gasteiger partial charge in [0, 0.05) is 13.0 Å². The average Bonchev–Trinajstić information content (AvgIpc) is 3.18. The van der Waals surface area contributed by atoms with E-state index in [1.54, 1.807) is 0 Å². The Kier molecular flexibility index (Phi) is 8.51. The number of rotatable bonds is 10. The van der Waals surface area contributed by atoms with E-state index < -0.39 is 23.8 Å². The van der Waals surface area contributed by atoms with E-state index in [-0.39, 0.29) is 59.4 Å². The van der Waals surface area contributed by atoms with Crippen LogP contribution in [0.15, 0.2) is 0 Å². The number of hydrogen-bond acceptors (Lipinski definition) is 5. The van der Waals surface area contributed by atoms with Gasteiger partial charge in [0.1, 0.15) is 0 Å². The van der Waals surface area contributed by atoms with E-state index in [1.807, 2.05) is 0 Å². The van der Waals surface area contributed by atoms with Crippen LogP contribution < -0.4 is 0 Å². The summed E-state index contributed by atoms with van der Waals surface area (Å²) in [4.78, 5) is 11.2. The van der Waals surface area contributed by atoms with Crippen molar-refractivity contribution in [2.45, 2.75) is 128 Å². The van der Waals surface area contributed by atoms with E-state index in [0.29, 0.717) is 12.8 Å². The number of fused-ring (bicyclic) bond motifs is 5. The predicted molar refractivity (Wildman–Crippen MR) is 139 cm³/mol. The van der Waals surface area contributed by atoms with Crippen molar-refractivity contribution in [2.75, 3.05) is 6.61 Å². The summed E-state index contributed by atoms with van der Waals surface area (Å²) < 4.78 is 0. The van der Waals surface area contributed by atoms with Crippen LogP contribution in [-0.4, -0.2) is 55.9 Å². The van der Waals surface area contributed by atoms with Crippen LogP contribution in [-0.2, 0) is 4.79 Å². The SMILES string of the molecule is CC(CCC(=O)O)C1CC[C@H]2[C@@H]3[C@H](O)C[C@@H]4CC(O)(CCCCCCO)CC[C@]4(C)[C@H]3C[C@H](O)[C@]12C. The highest BCUT2D eigenvalue weighted by Crippen LogP contribution is 2.69.